The molecule has 0 aliphatic carbocycles. The molecule has 0 amide bonds. The van der Waals surface area contributed by atoms with Crippen molar-refractivity contribution in [3.8, 4) is 5.75 Å². The molecule has 0 atom stereocenters. The maximum atomic E-state index is 12.5. The summed E-state index contributed by atoms with van der Waals surface area (Å²) in [4.78, 5) is 2.19. The van der Waals surface area contributed by atoms with E-state index in [9.17, 15) is 13.2 Å². The van der Waals surface area contributed by atoms with Crippen molar-refractivity contribution in [3.63, 3.8) is 0 Å². The van der Waals surface area contributed by atoms with Gasteiger partial charge in [0.25, 0.3) is 0 Å². The van der Waals surface area contributed by atoms with Crippen LogP contribution < -0.4 is 10.5 Å². The third kappa shape index (κ3) is 3.53. The van der Waals surface area contributed by atoms with Crippen LogP contribution in [0.1, 0.15) is 18.4 Å². The second-order valence-corrected chi connectivity index (χ2v) is 4.87. The van der Waals surface area contributed by atoms with E-state index in [-0.39, 0.29) is 11.8 Å². The van der Waals surface area contributed by atoms with Crippen LogP contribution in [0.25, 0.3) is 0 Å². The molecule has 0 saturated carbocycles. The van der Waals surface area contributed by atoms with Gasteiger partial charge in [-0.15, -0.1) is 0 Å². The van der Waals surface area contributed by atoms with Crippen LogP contribution in [-0.2, 0) is 6.18 Å². The molecule has 0 bridgehead atoms. The van der Waals surface area contributed by atoms with E-state index in [1.807, 2.05) is 7.05 Å². The molecule has 3 nitrogen and oxygen atoms in total. The smallest absolute Gasteiger partial charge is 0.416 e. The van der Waals surface area contributed by atoms with Crippen molar-refractivity contribution in [3.05, 3.63) is 23.8 Å². The Morgan fingerprint density at radius 2 is 1.89 bits per heavy atom. The average molecular weight is 274 g/mol. The maximum Gasteiger partial charge on any atom is 0.416 e. The molecule has 2 N–H and O–H groups in total. The van der Waals surface area contributed by atoms with Crippen molar-refractivity contribution in [1.29, 1.82) is 0 Å². The van der Waals surface area contributed by atoms with Crippen molar-refractivity contribution >= 4 is 5.69 Å². The molecule has 19 heavy (non-hydrogen) atoms. The topological polar surface area (TPSA) is 38.5 Å². The molecule has 106 valence electrons. The molecular formula is C13H17F3N2O. The van der Waals surface area contributed by atoms with Crippen LogP contribution in [0.4, 0.5) is 18.9 Å². The molecule has 0 unspecified atom stereocenters. The normalized spacial score (nSPS) is 18.5. The number of anilines is 1. The molecule has 0 radical (unpaired) electrons. The number of hydrogen-bond acceptors (Lipinski definition) is 3. The van der Waals surface area contributed by atoms with Gasteiger partial charge in [0.15, 0.2) is 0 Å². The lowest BCUT2D eigenvalue weighted by atomic mass is 10.1. The molecular weight excluding hydrogens is 257 g/mol. The molecule has 1 aromatic carbocycles. The van der Waals surface area contributed by atoms with Gasteiger partial charge in [0.1, 0.15) is 11.9 Å². The van der Waals surface area contributed by atoms with Crippen LogP contribution in [-0.4, -0.2) is 31.1 Å². The van der Waals surface area contributed by atoms with Crippen LogP contribution in [0, 0.1) is 0 Å². The van der Waals surface area contributed by atoms with Gasteiger partial charge in [-0.25, -0.2) is 0 Å². The van der Waals surface area contributed by atoms with Gasteiger partial charge in [0, 0.05) is 13.1 Å². The van der Waals surface area contributed by atoms with Crippen LogP contribution in [0.15, 0.2) is 18.2 Å². The van der Waals surface area contributed by atoms with Crippen LogP contribution in [0.3, 0.4) is 0 Å². The summed E-state index contributed by atoms with van der Waals surface area (Å²) < 4.78 is 43.2. The fraction of sp³-hybridized carbons (Fsp3) is 0.538. The Balaban J connectivity index is 2.05. The fourth-order valence-electron chi connectivity index (χ4n) is 2.11. The summed E-state index contributed by atoms with van der Waals surface area (Å²) in [5.74, 6) is 0.336. The third-order valence-electron chi connectivity index (χ3n) is 3.30. The number of benzene rings is 1. The average Bonchev–Trinajstić information content (AvgIpc) is 2.33. The van der Waals surface area contributed by atoms with Gasteiger partial charge in [-0.1, -0.05) is 0 Å². The summed E-state index contributed by atoms with van der Waals surface area (Å²) in [5, 5.41) is 0. The second-order valence-electron chi connectivity index (χ2n) is 4.87. The first-order valence-electron chi connectivity index (χ1n) is 6.18. The first kappa shape index (κ1) is 14.0. The predicted octanol–water partition coefficient (Wildman–Crippen LogP) is 2.76. The molecule has 1 aliphatic rings. The summed E-state index contributed by atoms with van der Waals surface area (Å²) in [7, 11) is 2.03. The minimum absolute atomic E-state index is 0.0234. The minimum Gasteiger partial charge on any atom is -0.488 e. The van der Waals surface area contributed by atoms with Gasteiger partial charge in [-0.05, 0) is 38.1 Å². The van der Waals surface area contributed by atoms with Crippen molar-refractivity contribution in [2.75, 3.05) is 25.9 Å². The Kier molecular flexibility index (Phi) is 3.89. The van der Waals surface area contributed by atoms with E-state index in [1.165, 1.54) is 6.07 Å². The van der Waals surface area contributed by atoms with E-state index < -0.39 is 11.7 Å². The maximum absolute atomic E-state index is 12.5. The number of likely N-dealkylation sites (tertiary alicyclic amines) is 1. The lowest BCUT2D eigenvalue weighted by Crippen LogP contribution is -2.35. The molecule has 1 aromatic rings. The zero-order chi connectivity index (χ0) is 14.0. The van der Waals surface area contributed by atoms with Gasteiger partial charge in [0.2, 0.25) is 0 Å². The summed E-state index contributed by atoms with van der Waals surface area (Å²) in [6, 6.07) is 3.22. The summed E-state index contributed by atoms with van der Waals surface area (Å²) in [6.45, 7) is 1.84. The predicted molar refractivity (Wildman–Crippen MR) is 67.0 cm³/mol. The highest BCUT2D eigenvalue weighted by molar-refractivity contribution is 5.54. The highest BCUT2D eigenvalue weighted by atomic mass is 19.4. The number of halogens is 3. The quantitative estimate of drug-likeness (QED) is 0.843. The van der Waals surface area contributed by atoms with Gasteiger partial charge >= 0.3 is 6.18 Å². The van der Waals surface area contributed by atoms with E-state index in [0.717, 1.165) is 38.1 Å². The van der Waals surface area contributed by atoms with Gasteiger partial charge < -0.3 is 15.4 Å². The van der Waals surface area contributed by atoms with Crippen molar-refractivity contribution in [2.45, 2.75) is 25.1 Å². The summed E-state index contributed by atoms with van der Waals surface area (Å²) in [6.07, 6.45) is -2.64. The number of ether oxygens (including phenoxy) is 1. The van der Waals surface area contributed by atoms with Crippen molar-refractivity contribution < 1.29 is 17.9 Å². The first-order valence-corrected chi connectivity index (χ1v) is 6.18. The lowest BCUT2D eigenvalue weighted by Gasteiger charge is -2.29. The van der Waals surface area contributed by atoms with Gasteiger partial charge in [-0.2, -0.15) is 13.2 Å². The van der Waals surface area contributed by atoms with Gasteiger partial charge in [-0.3, -0.25) is 0 Å². The number of rotatable bonds is 2. The lowest BCUT2D eigenvalue weighted by molar-refractivity contribution is -0.137. The molecule has 1 saturated heterocycles. The minimum atomic E-state index is -4.37. The first-order chi connectivity index (χ1) is 8.86. The SMILES string of the molecule is CN1CCC(Oc2ccc(C(F)(F)F)cc2N)CC1. The molecule has 1 heterocycles. The van der Waals surface area contributed by atoms with Crippen molar-refractivity contribution in [1.82, 2.24) is 4.90 Å². The molecule has 2 rings (SSSR count). The third-order valence-corrected chi connectivity index (χ3v) is 3.30. The molecule has 1 aliphatic heterocycles. The highest BCUT2D eigenvalue weighted by Crippen LogP contribution is 2.34. The number of nitrogens with zero attached hydrogens (tertiary/aromatic N) is 1. The van der Waals surface area contributed by atoms with E-state index in [4.69, 9.17) is 10.5 Å². The monoisotopic (exact) mass is 274 g/mol. The number of nitrogen functional groups attached to an aromatic ring is 1. The van der Waals surface area contributed by atoms with Crippen molar-refractivity contribution in [2.24, 2.45) is 0 Å². The molecule has 0 spiro atoms. The van der Waals surface area contributed by atoms with E-state index in [0.29, 0.717) is 5.75 Å². The Hall–Kier alpha value is -1.43. The van der Waals surface area contributed by atoms with Crippen LogP contribution in [0.5, 0.6) is 5.75 Å². The summed E-state index contributed by atoms with van der Waals surface area (Å²) in [5.41, 5.74) is 4.91. The Labute approximate surface area is 110 Å². The number of alkyl halides is 3. The van der Waals surface area contributed by atoms with Crippen LogP contribution in [0.2, 0.25) is 0 Å². The zero-order valence-electron chi connectivity index (χ0n) is 10.7. The largest absolute Gasteiger partial charge is 0.488 e. The molecule has 6 heteroatoms. The van der Waals surface area contributed by atoms with E-state index in [2.05, 4.69) is 4.90 Å². The molecule has 0 aromatic heterocycles. The summed E-state index contributed by atoms with van der Waals surface area (Å²) >= 11 is 0. The second kappa shape index (κ2) is 5.28. The number of nitrogens with two attached hydrogens (primary N) is 1. The fourth-order valence-corrected chi connectivity index (χ4v) is 2.11. The number of piperidine rings is 1. The molecule has 1 fully saturated rings. The standard InChI is InChI=1S/C13H17F3N2O/c1-18-6-4-10(5-7-18)19-12-3-2-9(8-11(12)17)13(14,15)16/h2-3,8,10H,4-7,17H2,1H3. The van der Waals surface area contributed by atoms with Crippen LogP contribution >= 0.6 is 0 Å². The van der Waals surface area contributed by atoms with E-state index >= 15 is 0 Å². The number of hydrogen-bond donors (Lipinski definition) is 1. The van der Waals surface area contributed by atoms with Gasteiger partial charge in [0.05, 0.1) is 11.3 Å². The Morgan fingerprint density at radius 3 is 2.42 bits per heavy atom. The van der Waals surface area contributed by atoms with E-state index in [1.54, 1.807) is 0 Å². The zero-order valence-corrected chi connectivity index (χ0v) is 10.7. The Morgan fingerprint density at radius 1 is 1.26 bits per heavy atom. The Bertz CT molecular complexity index is 440. The highest BCUT2D eigenvalue weighted by Gasteiger charge is 2.31.